The average Bonchev–Trinajstić information content (AvgIpc) is 2.91. The van der Waals surface area contributed by atoms with Gasteiger partial charge in [0.2, 0.25) is 0 Å². The number of ether oxygens (including phenoxy) is 2. The van der Waals surface area contributed by atoms with Crippen LogP contribution in [0.1, 0.15) is 31.8 Å². The van der Waals surface area contributed by atoms with Crippen molar-refractivity contribution in [1.29, 1.82) is 0 Å². The molecule has 0 saturated carbocycles. The summed E-state index contributed by atoms with van der Waals surface area (Å²) < 4.78 is 11.3. The Morgan fingerprint density at radius 2 is 0.853 bits per heavy atom. The van der Waals surface area contributed by atoms with Crippen LogP contribution in [0.5, 0.6) is 0 Å². The van der Waals surface area contributed by atoms with Crippen LogP contribution in [0.15, 0.2) is 97.6 Å². The van der Waals surface area contributed by atoms with E-state index in [2.05, 4.69) is 9.97 Å². The molecule has 2 aromatic heterocycles. The molecule has 166 valence electrons. The lowest BCUT2D eigenvalue weighted by Gasteiger charge is -2.17. The molecule has 5 rings (SSSR count). The minimum absolute atomic E-state index is 0.110. The van der Waals surface area contributed by atoms with Crippen LogP contribution in [-0.4, -0.2) is 21.9 Å². The number of hydrogen-bond donors (Lipinski definition) is 0. The number of fused-ring (bicyclic) bond motifs is 2. The number of esters is 2. The Morgan fingerprint density at radius 1 is 0.529 bits per heavy atom. The van der Waals surface area contributed by atoms with Crippen LogP contribution in [0.4, 0.5) is 0 Å². The van der Waals surface area contributed by atoms with Gasteiger partial charge < -0.3 is 9.47 Å². The molecule has 0 fully saturated rings. The van der Waals surface area contributed by atoms with Gasteiger partial charge in [-0.05, 0) is 45.8 Å². The summed E-state index contributed by atoms with van der Waals surface area (Å²) >= 11 is 0. The van der Waals surface area contributed by atoms with Gasteiger partial charge in [-0.2, -0.15) is 0 Å². The monoisotopic (exact) mass is 448 g/mol. The van der Waals surface area contributed by atoms with Crippen molar-refractivity contribution in [3.05, 3.63) is 120 Å². The summed E-state index contributed by atoms with van der Waals surface area (Å²) in [5.74, 6) is -0.822. The van der Waals surface area contributed by atoms with Gasteiger partial charge in [0, 0.05) is 35.9 Å². The Balaban J connectivity index is 1.52. The van der Waals surface area contributed by atoms with Gasteiger partial charge in [-0.1, -0.05) is 48.5 Å². The maximum absolute atomic E-state index is 12.6. The van der Waals surface area contributed by atoms with Crippen LogP contribution >= 0.6 is 0 Å². The fourth-order valence-corrected chi connectivity index (χ4v) is 4.04. The van der Waals surface area contributed by atoms with E-state index in [0.29, 0.717) is 11.1 Å². The van der Waals surface area contributed by atoms with Crippen molar-refractivity contribution in [1.82, 2.24) is 9.97 Å². The lowest BCUT2D eigenvalue weighted by Crippen LogP contribution is -2.08. The van der Waals surface area contributed by atoms with E-state index in [9.17, 15) is 9.59 Å². The number of pyridine rings is 2. The van der Waals surface area contributed by atoms with Gasteiger partial charge in [0.25, 0.3) is 0 Å². The summed E-state index contributed by atoms with van der Waals surface area (Å²) in [5.41, 5.74) is 2.70. The third-order valence-electron chi connectivity index (χ3n) is 5.68. The third kappa shape index (κ3) is 4.21. The zero-order valence-corrected chi connectivity index (χ0v) is 18.2. The molecular weight excluding hydrogens is 428 g/mol. The Kier molecular flexibility index (Phi) is 5.95. The molecule has 0 atom stereocenters. The smallest absolute Gasteiger partial charge is 0.338 e. The van der Waals surface area contributed by atoms with E-state index in [-0.39, 0.29) is 13.2 Å². The first-order valence-electron chi connectivity index (χ1n) is 10.8. The topological polar surface area (TPSA) is 78.4 Å². The summed E-state index contributed by atoms with van der Waals surface area (Å²) in [6.45, 7) is 0.221. The number of aromatic nitrogens is 2. The van der Waals surface area contributed by atoms with E-state index >= 15 is 0 Å². The van der Waals surface area contributed by atoms with Crippen molar-refractivity contribution < 1.29 is 19.1 Å². The summed E-state index contributed by atoms with van der Waals surface area (Å²) in [6, 6.07) is 22.2. The highest BCUT2D eigenvalue weighted by atomic mass is 16.5. The molecule has 0 spiro atoms. The molecule has 3 aromatic carbocycles. The molecule has 0 saturated heterocycles. The van der Waals surface area contributed by atoms with Crippen LogP contribution < -0.4 is 0 Å². The summed E-state index contributed by atoms with van der Waals surface area (Å²) in [4.78, 5) is 33.0. The molecule has 34 heavy (non-hydrogen) atoms. The standard InChI is InChI=1S/C28H20N2O4/c31-27(19-9-13-29-14-10-19)33-17-25-21-5-1-2-6-22(21)26(24-8-4-3-7-23(24)25)18-34-28(32)20-11-15-30-16-12-20/h1-16H,17-18H2. The molecule has 0 radical (unpaired) electrons. The Morgan fingerprint density at radius 3 is 1.18 bits per heavy atom. The van der Waals surface area contributed by atoms with Crippen LogP contribution in [0.2, 0.25) is 0 Å². The maximum atomic E-state index is 12.6. The molecule has 2 heterocycles. The molecule has 0 aliphatic carbocycles. The van der Waals surface area contributed by atoms with Crippen LogP contribution in [0.25, 0.3) is 21.5 Å². The summed E-state index contributed by atoms with van der Waals surface area (Å²) in [5, 5.41) is 3.77. The Hall–Kier alpha value is -4.58. The minimum Gasteiger partial charge on any atom is -0.457 e. The van der Waals surface area contributed by atoms with Gasteiger partial charge >= 0.3 is 11.9 Å². The molecule has 0 bridgehead atoms. The maximum Gasteiger partial charge on any atom is 0.338 e. The van der Waals surface area contributed by atoms with Gasteiger partial charge in [-0.3, -0.25) is 9.97 Å². The largest absolute Gasteiger partial charge is 0.457 e. The lowest BCUT2D eigenvalue weighted by molar-refractivity contribution is 0.0465. The van der Waals surface area contributed by atoms with Crippen molar-refractivity contribution in [2.45, 2.75) is 13.2 Å². The Bertz CT molecular complexity index is 1310. The number of nitrogens with zero attached hydrogens (tertiary/aromatic N) is 2. The summed E-state index contributed by atoms with van der Waals surface area (Å²) in [6.07, 6.45) is 6.24. The van der Waals surface area contributed by atoms with E-state index in [1.165, 1.54) is 0 Å². The third-order valence-corrected chi connectivity index (χ3v) is 5.68. The van der Waals surface area contributed by atoms with Crippen LogP contribution in [-0.2, 0) is 22.7 Å². The fourth-order valence-electron chi connectivity index (χ4n) is 4.04. The number of carbonyl (C=O) groups excluding carboxylic acids is 2. The Labute approximate surface area is 195 Å². The minimum atomic E-state index is -0.411. The first kappa shape index (κ1) is 21.3. The predicted octanol–water partition coefficient (Wildman–Crippen LogP) is 5.50. The second-order valence-electron chi connectivity index (χ2n) is 7.67. The second-order valence-corrected chi connectivity index (χ2v) is 7.67. The van der Waals surface area contributed by atoms with E-state index in [4.69, 9.17) is 9.47 Å². The second kappa shape index (κ2) is 9.50. The van der Waals surface area contributed by atoms with Crippen molar-refractivity contribution in [2.75, 3.05) is 0 Å². The normalized spacial score (nSPS) is 10.8. The van der Waals surface area contributed by atoms with Crippen LogP contribution in [0, 0.1) is 0 Å². The van der Waals surface area contributed by atoms with E-state index in [0.717, 1.165) is 32.7 Å². The van der Waals surface area contributed by atoms with E-state index in [1.807, 2.05) is 48.5 Å². The predicted molar refractivity (Wildman–Crippen MR) is 128 cm³/mol. The van der Waals surface area contributed by atoms with Gasteiger partial charge in [-0.25, -0.2) is 9.59 Å². The fraction of sp³-hybridized carbons (Fsp3) is 0.0714. The van der Waals surface area contributed by atoms with Crippen molar-refractivity contribution in [3.63, 3.8) is 0 Å². The SMILES string of the molecule is O=C(OCc1c2ccccc2c(COC(=O)c2ccncc2)c2ccccc12)c1ccncc1. The molecule has 5 aromatic rings. The highest BCUT2D eigenvalue weighted by Crippen LogP contribution is 2.34. The molecule has 0 aliphatic rings. The highest BCUT2D eigenvalue weighted by molar-refractivity contribution is 6.06. The highest BCUT2D eigenvalue weighted by Gasteiger charge is 2.17. The number of carbonyl (C=O) groups is 2. The average molecular weight is 448 g/mol. The zero-order valence-electron chi connectivity index (χ0n) is 18.2. The first-order valence-corrected chi connectivity index (χ1v) is 10.8. The van der Waals surface area contributed by atoms with Crippen molar-refractivity contribution >= 4 is 33.5 Å². The van der Waals surface area contributed by atoms with Gasteiger partial charge in [0.1, 0.15) is 13.2 Å². The molecular formula is C28H20N2O4. The van der Waals surface area contributed by atoms with Gasteiger partial charge in [0.05, 0.1) is 11.1 Å². The van der Waals surface area contributed by atoms with Crippen molar-refractivity contribution in [3.8, 4) is 0 Å². The molecule has 0 amide bonds. The van der Waals surface area contributed by atoms with E-state index < -0.39 is 11.9 Å². The molecule has 6 nitrogen and oxygen atoms in total. The molecule has 0 N–H and O–H groups in total. The summed E-state index contributed by atoms with van der Waals surface area (Å²) in [7, 11) is 0. The zero-order chi connectivity index (χ0) is 23.3. The molecule has 0 aliphatic heterocycles. The first-order chi connectivity index (χ1) is 16.7. The lowest BCUT2D eigenvalue weighted by atomic mass is 9.92. The quantitative estimate of drug-likeness (QED) is 0.252. The number of hydrogen-bond acceptors (Lipinski definition) is 6. The molecule has 0 unspecified atom stereocenters. The van der Waals surface area contributed by atoms with E-state index in [1.54, 1.807) is 49.1 Å². The molecule has 6 heteroatoms. The van der Waals surface area contributed by atoms with Gasteiger partial charge in [0.15, 0.2) is 0 Å². The number of rotatable bonds is 6. The van der Waals surface area contributed by atoms with Crippen molar-refractivity contribution in [2.24, 2.45) is 0 Å². The number of benzene rings is 3. The van der Waals surface area contributed by atoms with Crippen LogP contribution in [0.3, 0.4) is 0 Å². The van der Waals surface area contributed by atoms with Gasteiger partial charge in [-0.15, -0.1) is 0 Å².